The number of para-hydroxylation sites is 2. The van der Waals surface area contributed by atoms with Gasteiger partial charge in [0.05, 0.1) is 11.4 Å². The molecule has 32 heavy (non-hydrogen) atoms. The average Bonchev–Trinajstić information content (AvgIpc) is 3.32. The Bertz CT molecular complexity index is 1240. The summed E-state index contributed by atoms with van der Waals surface area (Å²) in [7, 11) is 0. The van der Waals surface area contributed by atoms with Crippen molar-refractivity contribution < 1.29 is 14.4 Å². The van der Waals surface area contributed by atoms with Crippen LogP contribution in [0.1, 0.15) is 5.56 Å². The van der Waals surface area contributed by atoms with Crippen LogP contribution in [0.15, 0.2) is 90.0 Å². The summed E-state index contributed by atoms with van der Waals surface area (Å²) < 4.78 is 0. The lowest BCUT2D eigenvalue weighted by Gasteiger charge is -2.22. The van der Waals surface area contributed by atoms with Gasteiger partial charge in [0, 0.05) is 5.69 Å². The van der Waals surface area contributed by atoms with E-state index in [1.807, 2.05) is 43.3 Å². The highest BCUT2D eigenvalue weighted by Gasteiger charge is 2.58. The van der Waals surface area contributed by atoms with Crippen molar-refractivity contribution in [3.05, 3.63) is 90.5 Å². The van der Waals surface area contributed by atoms with Crippen LogP contribution in [0, 0.1) is 12.8 Å². The highest BCUT2D eigenvalue weighted by Crippen LogP contribution is 2.38. The van der Waals surface area contributed by atoms with Gasteiger partial charge in [0.15, 0.2) is 0 Å². The molecule has 1 fully saturated rings. The van der Waals surface area contributed by atoms with Crippen LogP contribution < -0.4 is 15.2 Å². The largest absolute Gasteiger partial charge is 0.321 e. The predicted octanol–water partition coefficient (Wildman–Crippen LogP) is 3.37. The second-order valence-electron chi connectivity index (χ2n) is 7.76. The van der Waals surface area contributed by atoms with Crippen LogP contribution in [-0.4, -0.2) is 29.5 Å². The fraction of sp³-hybridized carbons (Fsp3) is 0.120. The standard InChI is InChI=1S/C25H20N4O3/c1-16-9-8-14-19(15-16)29-22-20(21(27-29)23(30)26-17-10-4-2-5-11-17)24(31)28(25(22)32)18-12-6-3-7-13-18/h2-15,20,22H,1H3,(H,26,30). The molecule has 0 spiro atoms. The van der Waals surface area contributed by atoms with E-state index in [2.05, 4.69) is 10.4 Å². The van der Waals surface area contributed by atoms with Crippen molar-refractivity contribution in [1.29, 1.82) is 0 Å². The number of carbonyl (C=O) groups excluding carboxylic acids is 3. The Balaban J connectivity index is 1.57. The first-order valence-corrected chi connectivity index (χ1v) is 10.3. The summed E-state index contributed by atoms with van der Waals surface area (Å²) in [6.07, 6.45) is 0. The summed E-state index contributed by atoms with van der Waals surface area (Å²) in [5.74, 6) is -2.35. The Morgan fingerprint density at radius 1 is 0.844 bits per heavy atom. The van der Waals surface area contributed by atoms with E-state index in [0.717, 1.165) is 10.5 Å². The molecule has 3 aromatic rings. The molecule has 7 heteroatoms. The number of hydrogen-bond acceptors (Lipinski definition) is 5. The molecular weight excluding hydrogens is 404 g/mol. The number of fused-ring (bicyclic) bond motifs is 1. The van der Waals surface area contributed by atoms with Crippen LogP contribution in [0.2, 0.25) is 0 Å². The van der Waals surface area contributed by atoms with Gasteiger partial charge in [-0.15, -0.1) is 0 Å². The zero-order valence-corrected chi connectivity index (χ0v) is 17.3. The highest BCUT2D eigenvalue weighted by atomic mass is 16.2. The van der Waals surface area contributed by atoms with Crippen LogP contribution >= 0.6 is 0 Å². The third kappa shape index (κ3) is 3.24. The summed E-state index contributed by atoms with van der Waals surface area (Å²) in [5.41, 5.74) is 2.72. The first-order valence-electron chi connectivity index (χ1n) is 10.3. The molecular formula is C25H20N4O3. The van der Waals surface area contributed by atoms with Gasteiger partial charge in [-0.2, -0.15) is 5.10 Å². The molecule has 0 radical (unpaired) electrons. The average molecular weight is 424 g/mol. The molecule has 2 aliphatic heterocycles. The van der Waals surface area contributed by atoms with Crippen molar-refractivity contribution in [2.45, 2.75) is 13.0 Å². The minimum Gasteiger partial charge on any atom is -0.321 e. The monoisotopic (exact) mass is 424 g/mol. The molecule has 7 nitrogen and oxygen atoms in total. The molecule has 2 heterocycles. The lowest BCUT2D eigenvalue weighted by atomic mass is 9.97. The number of anilines is 3. The van der Waals surface area contributed by atoms with E-state index < -0.39 is 29.7 Å². The Hall–Kier alpha value is -4.26. The third-order valence-corrected chi connectivity index (χ3v) is 5.59. The quantitative estimate of drug-likeness (QED) is 0.651. The first-order chi connectivity index (χ1) is 15.5. The summed E-state index contributed by atoms with van der Waals surface area (Å²) in [5, 5.41) is 8.77. The second-order valence-corrected chi connectivity index (χ2v) is 7.76. The topological polar surface area (TPSA) is 82.1 Å². The lowest BCUT2D eigenvalue weighted by Crippen LogP contribution is -2.39. The molecule has 5 rings (SSSR count). The maximum absolute atomic E-state index is 13.5. The van der Waals surface area contributed by atoms with Crippen molar-refractivity contribution in [2.75, 3.05) is 15.2 Å². The Morgan fingerprint density at radius 3 is 2.19 bits per heavy atom. The molecule has 1 saturated heterocycles. The molecule has 3 amide bonds. The summed E-state index contributed by atoms with van der Waals surface area (Å²) >= 11 is 0. The fourth-order valence-corrected chi connectivity index (χ4v) is 4.13. The number of nitrogens with zero attached hydrogens (tertiary/aromatic N) is 3. The zero-order valence-electron chi connectivity index (χ0n) is 17.3. The predicted molar refractivity (Wildman–Crippen MR) is 122 cm³/mol. The van der Waals surface area contributed by atoms with E-state index in [4.69, 9.17) is 0 Å². The van der Waals surface area contributed by atoms with Crippen LogP contribution in [0.25, 0.3) is 0 Å². The highest BCUT2D eigenvalue weighted by molar-refractivity contribution is 6.51. The van der Waals surface area contributed by atoms with E-state index in [-0.39, 0.29) is 5.71 Å². The number of nitrogens with one attached hydrogen (secondary N) is 1. The van der Waals surface area contributed by atoms with Gasteiger partial charge < -0.3 is 5.32 Å². The minimum atomic E-state index is -0.994. The Kier molecular flexibility index (Phi) is 4.78. The van der Waals surface area contributed by atoms with Crippen LogP contribution in [0.5, 0.6) is 0 Å². The summed E-state index contributed by atoms with van der Waals surface area (Å²) in [4.78, 5) is 41.2. The molecule has 2 aliphatic rings. The van der Waals surface area contributed by atoms with Gasteiger partial charge in [-0.1, -0.05) is 48.5 Å². The summed E-state index contributed by atoms with van der Waals surface area (Å²) in [6, 6.07) is 24.3. The smallest absolute Gasteiger partial charge is 0.272 e. The lowest BCUT2D eigenvalue weighted by molar-refractivity contribution is -0.122. The second kappa shape index (κ2) is 7.77. The molecule has 1 N–H and O–H groups in total. The maximum Gasteiger partial charge on any atom is 0.272 e. The van der Waals surface area contributed by atoms with Gasteiger partial charge in [-0.25, -0.2) is 4.90 Å². The van der Waals surface area contributed by atoms with Gasteiger partial charge in [-0.05, 0) is 48.9 Å². The van der Waals surface area contributed by atoms with Gasteiger partial charge >= 0.3 is 0 Å². The number of hydrogen-bond donors (Lipinski definition) is 1. The molecule has 0 saturated carbocycles. The Labute approximate surface area is 185 Å². The van der Waals surface area contributed by atoms with Gasteiger partial charge in [-0.3, -0.25) is 19.4 Å². The number of aryl methyl sites for hydroxylation is 1. The summed E-state index contributed by atoms with van der Waals surface area (Å²) in [6.45, 7) is 1.93. The molecule has 0 bridgehead atoms. The Morgan fingerprint density at radius 2 is 1.50 bits per heavy atom. The number of carbonyl (C=O) groups is 3. The van der Waals surface area contributed by atoms with E-state index >= 15 is 0 Å². The molecule has 2 unspecified atom stereocenters. The van der Waals surface area contributed by atoms with E-state index in [0.29, 0.717) is 17.1 Å². The number of imide groups is 1. The SMILES string of the molecule is Cc1cccc(N2N=C(C(=O)Nc3ccccc3)C3C(=O)N(c4ccccc4)C(=O)C32)c1. The normalized spacial score (nSPS) is 19.7. The zero-order chi connectivity index (χ0) is 22.2. The van der Waals surface area contributed by atoms with Crippen molar-refractivity contribution >= 4 is 40.5 Å². The van der Waals surface area contributed by atoms with Crippen molar-refractivity contribution in [2.24, 2.45) is 11.0 Å². The van der Waals surface area contributed by atoms with Crippen LogP contribution in [0.4, 0.5) is 17.1 Å². The van der Waals surface area contributed by atoms with Crippen LogP contribution in [0.3, 0.4) is 0 Å². The molecule has 2 atom stereocenters. The maximum atomic E-state index is 13.5. The van der Waals surface area contributed by atoms with Crippen molar-refractivity contribution in [3.8, 4) is 0 Å². The third-order valence-electron chi connectivity index (χ3n) is 5.59. The molecule has 0 aromatic heterocycles. The van der Waals surface area contributed by atoms with E-state index in [9.17, 15) is 14.4 Å². The van der Waals surface area contributed by atoms with Gasteiger partial charge in [0.25, 0.3) is 11.8 Å². The number of benzene rings is 3. The van der Waals surface area contributed by atoms with Gasteiger partial charge in [0.2, 0.25) is 5.91 Å². The first kappa shape index (κ1) is 19.7. The van der Waals surface area contributed by atoms with E-state index in [1.165, 1.54) is 5.01 Å². The number of rotatable bonds is 4. The minimum absolute atomic E-state index is 0.0251. The van der Waals surface area contributed by atoms with Crippen molar-refractivity contribution in [1.82, 2.24) is 0 Å². The van der Waals surface area contributed by atoms with E-state index in [1.54, 1.807) is 48.5 Å². The fourth-order valence-electron chi connectivity index (χ4n) is 4.13. The number of hydrazone groups is 1. The van der Waals surface area contributed by atoms with Crippen molar-refractivity contribution in [3.63, 3.8) is 0 Å². The van der Waals surface area contributed by atoms with Gasteiger partial charge in [0.1, 0.15) is 17.7 Å². The molecule has 158 valence electrons. The van der Waals surface area contributed by atoms with Crippen LogP contribution in [-0.2, 0) is 14.4 Å². The molecule has 0 aliphatic carbocycles. The molecule has 3 aromatic carbocycles. The number of amides is 3.